The van der Waals surface area contributed by atoms with Crippen LogP contribution in [0.25, 0.3) is 22.2 Å². The summed E-state index contributed by atoms with van der Waals surface area (Å²) in [7, 11) is 3.40. The van der Waals surface area contributed by atoms with Crippen molar-refractivity contribution in [2.24, 2.45) is 0 Å². The van der Waals surface area contributed by atoms with Gasteiger partial charge in [-0.15, -0.1) is 0 Å². The summed E-state index contributed by atoms with van der Waals surface area (Å²) in [5, 5.41) is 0.779. The van der Waals surface area contributed by atoms with Gasteiger partial charge in [0, 0.05) is 30.1 Å². The van der Waals surface area contributed by atoms with E-state index in [1.807, 2.05) is 49.4 Å². The third kappa shape index (κ3) is 4.26. The molecule has 0 N–H and O–H groups in total. The lowest BCUT2D eigenvalue weighted by Crippen LogP contribution is -2.26. The molecule has 31 heavy (non-hydrogen) atoms. The van der Waals surface area contributed by atoms with Gasteiger partial charge in [-0.2, -0.15) is 0 Å². The average molecular weight is 414 g/mol. The molecule has 0 aliphatic rings. The fraction of sp³-hybridized carbons (Fsp3) is 0.154. The fourth-order valence-electron chi connectivity index (χ4n) is 3.68. The summed E-state index contributed by atoms with van der Waals surface area (Å²) in [4.78, 5) is 19.8. The Kier molecular flexibility index (Phi) is 5.67. The first-order valence-electron chi connectivity index (χ1n) is 10.0. The predicted octanol–water partition coefficient (Wildman–Crippen LogP) is 5.63. The van der Waals surface area contributed by atoms with Crippen LogP contribution in [0.15, 0.2) is 72.8 Å². The van der Waals surface area contributed by atoms with Gasteiger partial charge < -0.3 is 9.64 Å². The maximum absolute atomic E-state index is 13.5. The Balaban J connectivity index is 1.75. The minimum absolute atomic E-state index is 0.120. The predicted molar refractivity (Wildman–Crippen MR) is 121 cm³/mol. The molecule has 0 fully saturated rings. The maximum Gasteiger partial charge on any atom is 0.254 e. The maximum atomic E-state index is 13.5. The van der Waals surface area contributed by atoms with Gasteiger partial charge in [0.05, 0.1) is 23.9 Å². The number of carbonyl (C=O) groups excluding carboxylic acids is 1. The van der Waals surface area contributed by atoms with E-state index in [0.717, 1.165) is 27.8 Å². The average Bonchev–Trinajstić information content (AvgIpc) is 2.78. The van der Waals surface area contributed by atoms with Crippen LogP contribution in [0.5, 0.6) is 5.75 Å². The molecule has 0 unspecified atom stereocenters. The topological polar surface area (TPSA) is 42.4 Å². The third-order valence-corrected chi connectivity index (χ3v) is 5.28. The molecule has 156 valence electrons. The van der Waals surface area contributed by atoms with Gasteiger partial charge in [0.15, 0.2) is 0 Å². The zero-order chi connectivity index (χ0) is 22.0. The molecule has 0 saturated carbocycles. The fourth-order valence-corrected chi connectivity index (χ4v) is 3.68. The van der Waals surface area contributed by atoms with Crippen LogP contribution < -0.4 is 4.74 Å². The highest BCUT2D eigenvalue weighted by atomic mass is 19.1. The van der Waals surface area contributed by atoms with Gasteiger partial charge in [-0.1, -0.05) is 35.9 Å². The van der Waals surface area contributed by atoms with Gasteiger partial charge in [-0.25, -0.2) is 9.37 Å². The molecule has 4 rings (SSSR count). The number of rotatable bonds is 5. The number of amides is 1. The molecule has 0 bridgehead atoms. The van der Waals surface area contributed by atoms with Crippen LogP contribution in [0, 0.1) is 12.7 Å². The summed E-state index contributed by atoms with van der Waals surface area (Å²) in [6.45, 7) is 2.42. The van der Waals surface area contributed by atoms with E-state index in [4.69, 9.17) is 4.74 Å². The Hall–Kier alpha value is -3.73. The summed E-state index contributed by atoms with van der Waals surface area (Å²) >= 11 is 0. The molecule has 5 heteroatoms. The lowest BCUT2D eigenvalue weighted by Gasteiger charge is -2.20. The number of pyridine rings is 1. The van der Waals surface area contributed by atoms with E-state index in [1.54, 1.807) is 37.3 Å². The lowest BCUT2D eigenvalue weighted by molar-refractivity contribution is 0.0786. The molecule has 1 aromatic heterocycles. The zero-order valence-electron chi connectivity index (χ0n) is 17.7. The van der Waals surface area contributed by atoms with E-state index in [2.05, 4.69) is 4.98 Å². The van der Waals surface area contributed by atoms with Gasteiger partial charge in [-0.05, 0) is 49.4 Å². The highest BCUT2D eigenvalue weighted by Gasteiger charge is 2.19. The Bertz CT molecular complexity index is 1250. The summed E-state index contributed by atoms with van der Waals surface area (Å²) in [6, 6.07) is 21.4. The number of aromatic nitrogens is 1. The van der Waals surface area contributed by atoms with Crippen LogP contribution in [-0.4, -0.2) is 29.9 Å². The van der Waals surface area contributed by atoms with Crippen LogP contribution in [0.4, 0.5) is 4.39 Å². The number of ether oxygens (including phenoxy) is 1. The van der Waals surface area contributed by atoms with E-state index in [1.165, 1.54) is 12.1 Å². The molecule has 0 spiro atoms. The van der Waals surface area contributed by atoms with E-state index < -0.39 is 0 Å². The molecular weight excluding hydrogens is 391 g/mol. The summed E-state index contributed by atoms with van der Waals surface area (Å²) in [6.07, 6.45) is 0. The monoisotopic (exact) mass is 414 g/mol. The summed E-state index contributed by atoms with van der Waals surface area (Å²) in [5.74, 6) is 0.315. The van der Waals surface area contributed by atoms with Crippen LogP contribution in [-0.2, 0) is 6.54 Å². The molecule has 0 aliphatic heterocycles. The van der Waals surface area contributed by atoms with Crippen molar-refractivity contribution in [2.45, 2.75) is 13.5 Å². The molecule has 1 amide bonds. The number of carbonyl (C=O) groups is 1. The minimum atomic E-state index is -0.312. The number of nitrogens with zero attached hydrogens (tertiary/aromatic N) is 2. The van der Waals surface area contributed by atoms with Gasteiger partial charge in [0.25, 0.3) is 5.91 Å². The lowest BCUT2D eigenvalue weighted by atomic mass is 10.0. The van der Waals surface area contributed by atoms with E-state index in [9.17, 15) is 9.18 Å². The molecule has 1 heterocycles. The third-order valence-electron chi connectivity index (χ3n) is 5.28. The first kappa shape index (κ1) is 20.5. The number of hydrogen-bond acceptors (Lipinski definition) is 3. The van der Waals surface area contributed by atoms with E-state index >= 15 is 0 Å². The van der Waals surface area contributed by atoms with Crippen molar-refractivity contribution in [1.82, 2.24) is 9.88 Å². The zero-order valence-corrected chi connectivity index (χ0v) is 17.7. The van der Waals surface area contributed by atoms with Crippen molar-refractivity contribution in [3.05, 3.63) is 95.3 Å². The largest absolute Gasteiger partial charge is 0.496 e. The second-order valence-corrected chi connectivity index (χ2v) is 7.56. The van der Waals surface area contributed by atoms with E-state index in [0.29, 0.717) is 23.3 Å². The van der Waals surface area contributed by atoms with Crippen molar-refractivity contribution in [3.63, 3.8) is 0 Å². The van der Waals surface area contributed by atoms with Crippen molar-refractivity contribution in [3.8, 4) is 17.0 Å². The van der Waals surface area contributed by atoms with Crippen LogP contribution >= 0.6 is 0 Å². The van der Waals surface area contributed by atoms with Gasteiger partial charge in [-0.3, -0.25) is 4.79 Å². The molecule has 0 radical (unpaired) electrons. The highest BCUT2D eigenvalue weighted by molar-refractivity contribution is 6.07. The number of methoxy groups -OCH3 is 1. The van der Waals surface area contributed by atoms with E-state index in [-0.39, 0.29) is 11.7 Å². The van der Waals surface area contributed by atoms with Crippen molar-refractivity contribution >= 4 is 16.8 Å². The Morgan fingerprint density at radius 3 is 2.52 bits per heavy atom. The normalized spacial score (nSPS) is 10.8. The first-order valence-corrected chi connectivity index (χ1v) is 10.0. The Morgan fingerprint density at radius 1 is 1.03 bits per heavy atom. The quantitative estimate of drug-likeness (QED) is 0.425. The van der Waals surface area contributed by atoms with Gasteiger partial charge in [0.2, 0.25) is 0 Å². The van der Waals surface area contributed by atoms with Crippen LogP contribution in [0.3, 0.4) is 0 Å². The number of para-hydroxylation sites is 1. The van der Waals surface area contributed by atoms with Crippen molar-refractivity contribution < 1.29 is 13.9 Å². The highest BCUT2D eigenvalue weighted by Crippen LogP contribution is 2.27. The number of fused-ring (bicyclic) bond motifs is 1. The van der Waals surface area contributed by atoms with Crippen LogP contribution in [0.1, 0.15) is 21.5 Å². The molecule has 0 aliphatic carbocycles. The molecular formula is C26H23FN2O2. The summed E-state index contributed by atoms with van der Waals surface area (Å²) < 4.78 is 18.8. The number of benzene rings is 3. The second kappa shape index (κ2) is 8.56. The number of halogens is 1. The molecule has 4 nitrogen and oxygen atoms in total. The first-order chi connectivity index (χ1) is 15.0. The second-order valence-electron chi connectivity index (χ2n) is 7.56. The Morgan fingerprint density at radius 2 is 1.77 bits per heavy atom. The van der Waals surface area contributed by atoms with Gasteiger partial charge in [0.1, 0.15) is 11.6 Å². The SMILES string of the molecule is COc1ccc(C)cc1CN(C)C(=O)c1cc(-c2ccc(F)cc2)nc2ccccc12. The molecule has 4 aromatic rings. The Labute approximate surface area is 180 Å². The van der Waals surface area contributed by atoms with Gasteiger partial charge >= 0.3 is 0 Å². The van der Waals surface area contributed by atoms with Crippen LogP contribution in [0.2, 0.25) is 0 Å². The number of hydrogen-bond donors (Lipinski definition) is 0. The van der Waals surface area contributed by atoms with Crippen molar-refractivity contribution in [1.29, 1.82) is 0 Å². The number of aryl methyl sites for hydroxylation is 1. The minimum Gasteiger partial charge on any atom is -0.496 e. The molecule has 0 saturated heterocycles. The smallest absolute Gasteiger partial charge is 0.254 e. The molecule has 0 atom stereocenters. The standard InChI is InChI=1S/C26H23FN2O2/c1-17-8-13-25(31-3)19(14-17)16-29(2)26(30)22-15-24(18-9-11-20(27)12-10-18)28-23-7-5-4-6-21(22)23/h4-15H,16H2,1-3H3. The molecule has 3 aromatic carbocycles. The summed E-state index contributed by atoms with van der Waals surface area (Å²) in [5.41, 5.74) is 4.70. The van der Waals surface area contributed by atoms with Crippen molar-refractivity contribution in [2.75, 3.05) is 14.2 Å².